The second-order valence-electron chi connectivity index (χ2n) is 5.34. The molecule has 1 atom stereocenters. The van der Waals surface area contributed by atoms with Gasteiger partial charge in [-0.3, -0.25) is 9.63 Å². The molecule has 25 heavy (non-hydrogen) atoms. The summed E-state index contributed by atoms with van der Waals surface area (Å²) in [7, 11) is -1.13. The van der Waals surface area contributed by atoms with Crippen LogP contribution in [0.3, 0.4) is 0 Å². The monoisotopic (exact) mass is 382 g/mol. The summed E-state index contributed by atoms with van der Waals surface area (Å²) in [6, 6.07) is 13.9. The van der Waals surface area contributed by atoms with E-state index >= 15 is 0 Å². The van der Waals surface area contributed by atoms with E-state index in [1.165, 1.54) is 38.4 Å². The molecule has 0 aliphatic heterocycles. The van der Waals surface area contributed by atoms with Gasteiger partial charge in [-0.2, -0.15) is 4.72 Å². The topological polar surface area (TPSA) is 75.7 Å². The molecule has 0 spiro atoms. The summed E-state index contributed by atoms with van der Waals surface area (Å²) < 4.78 is 27.6. The average molecular weight is 383 g/mol. The summed E-state index contributed by atoms with van der Waals surface area (Å²) in [5.74, 6) is -0.496. The number of likely N-dealkylation sites (N-methyl/N-ethyl adjacent to an activating group) is 1. The number of sulfonamides is 1. The van der Waals surface area contributed by atoms with Crippen LogP contribution in [0.2, 0.25) is 5.02 Å². The molecule has 1 amide bonds. The Bertz CT molecular complexity index is 810. The number of halogens is 1. The molecule has 0 saturated heterocycles. The van der Waals surface area contributed by atoms with Crippen LogP contribution in [0.5, 0.6) is 0 Å². The zero-order valence-corrected chi connectivity index (χ0v) is 15.4. The molecular formula is C17H19ClN2O4S. The van der Waals surface area contributed by atoms with E-state index in [9.17, 15) is 13.2 Å². The van der Waals surface area contributed by atoms with Gasteiger partial charge in [0.15, 0.2) is 0 Å². The van der Waals surface area contributed by atoms with Crippen LogP contribution < -0.4 is 4.72 Å². The highest BCUT2D eigenvalue weighted by atomic mass is 35.5. The van der Waals surface area contributed by atoms with Gasteiger partial charge in [0.2, 0.25) is 10.0 Å². The maximum absolute atomic E-state index is 12.6. The van der Waals surface area contributed by atoms with Crippen LogP contribution in [0.4, 0.5) is 0 Å². The summed E-state index contributed by atoms with van der Waals surface area (Å²) in [6.07, 6.45) is 0.195. The second-order valence-corrected chi connectivity index (χ2v) is 7.49. The minimum Gasteiger partial charge on any atom is -0.275 e. The van der Waals surface area contributed by atoms with E-state index in [0.29, 0.717) is 5.02 Å². The van der Waals surface area contributed by atoms with Gasteiger partial charge in [-0.25, -0.2) is 13.5 Å². The molecule has 0 aromatic heterocycles. The highest BCUT2D eigenvalue weighted by molar-refractivity contribution is 7.89. The predicted octanol–water partition coefficient (Wildman–Crippen LogP) is 2.25. The largest absolute Gasteiger partial charge is 0.275 e. The van der Waals surface area contributed by atoms with Gasteiger partial charge in [-0.05, 0) is 36.2 Å². The third-order valence-corrected chi connectivity index (χ3v) is 5.33. The van der Waals surface area contributed by atoms with Gasteiger partial charge in [-0.1, -0.05) is 41.9 Å². The lowest BCUT2D eigenvalue weighted by Gasteiger charge is -2.23. The molecule has 2 aromatic carbocycles. The number of carbonyl (C=O) groups is 1. The normalized spacial score (nSPS) is 12.6. The Hall–Kier alpha value is -1.93. The Labute approximate surface area is 152 Å². The van der Waals surface area contributed by atoms with Crippen LogP contribution in [0.25, 0.3) is 0 Å². The van der Waals surface area contributed by atoms with Crippen LogP contribution in [-0.2, 0) is 26.1 Å². The third kappa shape index (κ3) is 5.27. The van der Waals surface area contributed by atoms with Crippen LogP contribution >= 0.6 is 11.6 Å². The molecule has 0 aliphatic carbocycles. The average Bonchev–Trinajstić information content (AvgIpc) is 2.61. The van der Waals surface area contributed by atoms with Gasteiger partial charge in [-0.15, -0.1) is 0 Å². The Morgan fingerprint density at radius 3 is 2.32 bits per heavy atom. The Morgan fingerprint density at radius 2 is 1.76 bits per heavy atom. The molecule has 0 saturated carbocycles. The Kier molecular flexibility index (Phi) is 6.55. The third-order valence-electron chi connectivity index (χ3n) is 3.59. The molecule has 0 heterocycles. The van der Waals surface area contributed by atoms with Crippen molar-refractivity contribution in [2.24, 2.45) is 0 Å². The molecule has 134 valence electrons. The second kappa shape index (κ2) is 8.44. The molecule has 6 nitrogen and oxygen atoms in total. The fourth-order valence-corrected chi connectivity index (χ4v) is 3.52. The van der Waals surface area contributed by atoms with Gasteiger partial charge in [0.25, 0.3) is 5.91 Å². The first-order valence-corrected chi connectivity index (χ1v) is 9.33. The number of hydroxylamine groups is 2. The van der Waals surface area contributed by atoms with Crippen LogP contribution in [0.15, 0.2) is 59.5 Å². The van der Waals surface area contributed by atoms with E-state index in [1.807, 2.05) is 30.3 Å². The summed E-state index contributed by atoms with van der Waals surface area (Å²) in [5.41, 5.74) is 0.823. The fourth-order valence-electron chi connectivity index (χ4n) is 2.21. The Balaban J connectivity index is 2.28. The van der Waals surface area contributed by atoms with Crippen molar-refractivity contribution in [3.05, 3.63) is 65.2 Å². The van der Waals surface area contributed by atoms with Crippen molar-refractivity contribution in [3.8, 4) is 0 Å². The highest BCUT2D eigenvalue weighted by Gasteiger charge is 2.28. The van der Waals surface area contributed by atoms with Crippen molar-refractivity contribution >= 4 is 27.5 Å². The number of carbonyl (C=O) groups excluding carboxylic acids is 1. The highest BCUT2D eigenvalue weighted by Crippen LogP contribution is 2.15. The number of nitrogens with one attached hydrogen (secondary N) is 1. The molecule has 2 rings (SSSR count). The molecule has 0 unspecified atom stereocenters. The molecule has 0 fully saturated rings. The lowest BCUT2D eigenvalue weighted by molar-refractivity contribution is -0.170. The van der Waals surface area contributed by atoms with Gasteiger partial charge >= 0.3 is 0 Å². The minimum atomic E-state index is -3.89. The molecule has 0 aliphatic rings. The van der Waals surface area contributed by atoms with E-state index in [-0.39, 0.29) is 11.3 Å². The lowest BCUT2D eigenvalue weighted by atomic mass is 10.1. The predicted molar refractivity (Wildman–Crippen MR) is 95.5 cm³/mol. The number of nitrogens with zero attached hydrogens (tertiary/aromatic N) is 1. The molecular weight excluding hydrogens is 364 g/mol. The number of amides is 1. The van der Waals surface area contributed by atoms with Crippen molar-refractivity contribution in [1.82, 2.24) is 9.79 Å². The number of hydrogen-bond donors (Lipinski definition) is 1. The zero-order chi connectivity index (χ0) is 18.4. The van der Waals surface area contributed by atoms with Crippen molar-refractivity contribution in [3.63, 3.8) is 0 Å². The van der Waals surface area contributed by atoms with Crippen LogP contribution in [0.1, 0.15) is 5.56 Å². The van der Waals surface area contributed by atoms with Gasteiger partial charge in [0.1, 0.15) is 6.04 Å². The summed E-state index contributed by atoms with van der Waals surface area (Å²) in [6.45, 7) is 0. The fraction of sp³-hybridized carbons (Fsp3) is 0.235. The van der Waals surface area contributed by atoms with E-state index < -0.39 is 22.0 Å². The zero-order valence-electron chi connectivity index (χ0n) is 13.8. The van der Waals surface area contributed by atoms with E-state index in [4.69, 9.17) is 16.4 Å². The van der Waals surface area contributed by atoms with E-state index in [0.717, 1.165) is 10.6 Å². The van der Waals surface area contributed by atoms with Gasteiger partial charge < -0.3 is 0 Å². The van der Waals surface area contributed by atoms with Gasteiger partial charge in [0, 0.05) is 12.1 Å². The first-order chi connectivity index (χ1) is 11.8. The molecule has 1 N–H and O–H groups in total. The maximum Gasteiger partial charge on any atom is 0.264 e. The first-order valence-electron chi connectivity index (χ1n) is 7.47. The first kappa shape index (κ1) is 19.4. The summed E-state index contributed by atoms with van der Waals surface area (Å²) in [5, 5.41) is 1.42. The van der Waals surface area contributed by atoms with Crippen LogP contribution in [-0.4, -0.2) is 39.6 Å². The van der Waals surface area contributed by atoms with E-state index in [1.54, 1.807) is 0 Å². The summed E-state index contributed by atoms with van der Waals surface area (Å²) in [4.78, 5) is 17.4. The van der Waals surface area contributed by atoms with E-state index in [2.05, 4.69) is 4.72 Å². The summed E-state index contributed by atoms with van der Waals surface area (Å²) >= 11 is 5.79. The van der Waals surface area contributed by atoms with Crippen molar-refractivity contribution in [1.29, 1.82) is 0 Å². The molecule has 2 aromatic rings. The number of hydrogen-bond acceptors (Lipinski definition) is 4. The Morgan fingerprint density at radius 1 is 1.16 bits per heavy atom. The maximum atomic E-state index is 12.6. The standard InChI is InChI=1S/C17H19ClN2O4S/c1-20(24-2)17(21)16(12-13-6-4-3-5-7-13)19-25(22,23)15-10-8-14(18)9-11-15/h3-11,16,19H,12H2,1-2H3/t16-/m1/s1. The lowest BCUT2D eigenvalue weighted by Crippen LogP contribution is -2.48. The minimum absolute atomic E-state index is 0.0304. The molecule has 8 heteroatoms. The van der Waals surface area contributed by atoms with Gasteiger partial charge in [0.05, 0.1) is 12.0 Å². The van der Waals surface area contributed by atoms with Crippen molar-refractivity contribution in [2.75, 3.05) is 14.2 Å². The number of benzene rings is 2. The number of rotatable bonds is 7. The smallest absolute Gasteiger partial charge is 0.264 e. The van der Waals surface area contributed by atoms with Crippen molar-refractivity contribution < 1.29 is 18.0 Å². The quantitative estimate of drug-likeness (QED) is 0.745. The van der Waals surface area contributed by atoms with Crippen molar-refractivity contribution in [2.45, 2.75) is 17.4 Å². The SMILES string of the molecule is CON(C)C(=O)[C@@H](Cc1ccccc1)NS(=O)(=O)c1ccc(Cl)cc1. The molecule has 0 radical (unpaired) electrons. The van der Waals surface area contributed by atoms with Crippen LogP contribution in [0, 0.1) is 0 Å². The molecule has 0 bridgehead atoms.